The van der Waals surface area contributed by atoms with Gasteiger partial charge in [-0.1, -0.05) is 0 Å². The van der Waals surface area contributed by atoms with E-state index >= 15 is 0 Å². The molecule has 39 valence electrons. The van der Waals surface area contributed by atoms with Gasteiger partial charge in [0.1, 0.15) is 0 Å². The summed E-state index contributed by atoms with van der Waals surface area (Å²) in [5.41, 5.74) is 0. The van der Waals surface area contributed by atoms with E-state index in [1.165, 1.54) is 0 Å². The van der Waals surface area contributed by atoms with E-state index in [0.29, 0.717) is 0 Å². The monoisotopic (exact) mass is 153 g/mol. The number of hydrogen-bond donors (Lipinski definition) is 0. The Labute approximate surface area is 46.2 Å². The summed E-state index contributed by atoms with van der Waals surface area (Å²) in [7, 11) is 0. The summed E-state index contributed by atoms with van der Waals surface area (Å²) >= 11 is 3.34. The van der Waals surface area contributed by atoms with E-state index < -0.39 is 0 Å². The Morgan fingerprint density at radius 1 is 1.83 bits per heavy atom. The second-order valence-electron chi connectivity index (χ2n) is 0.864. The van der Waals surface area contributed by atoms with Gasteiger partial charge >= 0.3 is 45.7 Å². The van der Waals surface area contributed by atoms with E-state index in [2.05, 4.69) is 0 Å². The first-order valence-electron chi connectivity index (χ1n) is 1.42. The molecule has 0 aromatic rings. The predicted octanol–water partition coefficient (Wildman–Crippen LogP) is -0.0176. The quantitative estimate of drug-likeness (QED) is 0.359. The first kappa shape index (κ1) is 3.72. The van der Waals surface area contributed by atoms with Crippen molar-refractivity contribution in [3.8, 4) is 0 Å². The van der Waals surface area contributed by atoms with Crippen LogP contribution in [0.2, 0.25) is 0 Å². The molecule has 0 aromatic heterocycles. The third-order valence-electron chi connectivity index (χ3n) is 0.498. The molecule has 2 bridgehead atoms. The number of fused-ring (bicyclic) bond motifs is 1. The van der Waals surface area contributed by atoms with Crippen molar-refractivity contribution in [2.24, 2.45) is 0 Å². The van der Waals surface area contributed by atoms with Crippen LogP contribution < -0.4 is 0 Å². The minimum atomic E-state index is 0.972. The summed E-state index contributed by atoms with van der Waals surface area (Å²) in [6.07, 6.45) is 0. The van der Waals surface area contributed by atoms with E-state index in [0.717, 1.165) is 5.88 Å². The number of rotatable bonds is 0. The van der Waals surface area contributed by atoms with Crippen LogP contribution in [0.1, 0.15) is 0 Å². The molecule has 3 fully saturated rings. The molecule has 0 amide bonds. The van der Waals surface area contributed by atoms with Gasteiger partial charge in [0.25, 0.3) is 0 Å². The van der Waals surface area contributed by atoms with Crippen LogP contribution in [0.3, 0.4) is 0 Å². The van der Waals surface area contributed by atoms with Crippen molar-refractivity contribution < 1.29 is 20.3 Å². The fourth-order valence-corrected chi connectivity index (χ4v) is 1.92. The second-order valence-corrected chi connectivity index (χ2v) is 2.99. The van der Waals surface area contributed by atoms with Crippen molar-refractivity contribution in [1.29, 1.82) is 0 Å². The summed E-state index contributed by atoms with van der Waals surface area (Å²) in [4.78, 5) is 4.84. The summed E-state index contributed by atoms with van der Waals surface area (Å²) in [6, 6.07) is 0. The Hall–Kier alpha value is 0.749. The summed E-state index contributed by atoms with van der Waals surface area (Å²) in [5, 5.41) is 0. The molecule has 3 rings (SSSR count). The van der Waals surface area contributed by atoms with Gasteiger partial charge in [0.05, 0.1) is 0 Å². The maximum absolute atomic E-state index is 4.84. The van der Waals surface area contributed by atoms with Crippen molar-refractivity contribution in [3.63, 3.8) is 0 Å². The molecular formula is CH2CuN2OS. The maximum atomic E-state index is 4.84. The van der Waals surface area contributed by atoms with Crippen LogP contribution >= 0.6 is 11.9 Å². The molecule has 0 spiro atoms. The van der Waals surface area contributed by atoms with Crippen LogP contribution in [0.25, 0.3) is 0 Å². The predicted molar refractivity (Wildman–Crippen MR) is 17.2 cm³/mol. The Bertz CT molecular complexity index is 60.4. The third-order valence-corrected chi connectivity index (χ3v) is 2.50. The van der Waals surface area contributed by atoms with Gasteiger partial charge in [-0.25, -0.2) is 0 Å². The molecule has 0 N–H and O–H groups in total. The topological polar surface area (TPSA) is 15.7 Å². The van der Waals surface area contributed by atoms with E-state index in [-0.39, 0.29) is 0 Å². The van der Waals surface area contributed by atoms with Crippen molar-refractivity contribution in [2.45, 2.75) is 0 Å². The van der Waals surface area contributed by atoms with E-state index in [4.69, 9.17) is 4.94 Å². The van der Waals surface area contributed by atoms with Crippen LogP contribution in [0.15, 0.2) is 0 Å². The molecule has 3 aliphatic heterocycles. The first-order valence-corrected chi connectivity index (χ1v) is 3.21. The van der Waals surface area contributed by atoms with E-state index in [1.54, 1.807) is 34.9 Å². The summed E-state index contributed by atoms with van der Waals surface area (Å²) in [6.45, 7) is 0. The van der Waals surface area contributed by atoms with Gasteiger partial charge in [-0.3, -0.25) is 0 Å². The molecule has 0 saturated carbocycles. The van der Waals surface area contributed by atoms with Crippen LogP contribution in [0.5, 0.6) is 0 Å². The molecule has 6 heavy (non-hydrogen) atoms. The van der Waals surface area contributed by atoms with Crippen molar-refractivity contribution >= 4 is 11.9 Å². The Balaban J connectivity index is 2.16. The molecule has 2 unspecified atom stereocenters. The van der Waals surface area contributed by atoms with Crippen molar-refractivity contribution in [2.75, 3.05) is 5.88 Å². The van der Waals surface area contributed by atoms with Gasteiger partial charge in [0.15, 0.2) is 0 Å². The van der Waals surface area contributed by atoms with Crippen LogP contribution in [0, 0.1) is 0 Å². The molecule has 0 aliphatic carbocycles. The fourth-order valence-electron chi connectivity index (χ4n) is 0.284. The molecule has 3 saturated heterocycles. The number of hydroxylamine groups is 1. The van der Waals surface area contributed by atoms with Gasteiger partial charge in [-0.2, -0.15) is 0 Å². The molecule has 0 aromatic carbocycles. The van der Waals surface area contributed by atoms with Crippen molar-refractivity contribution in [1.82, 2.24) is 7.56 Å². The van der Waals surface area contributed by atoms with Gasteiger partial charge in [0, 0.05) is 0 Å². The van der Waals surface area contributed by atoms with Gasteiger partial charge in [-0.15, -0.1) is 0 Å². The van der Waals surface area contributed by atoms with Crippen LogP contribution in [-0.4, -0.2) is 13.4 Å². The standard InChI is InChI=1S/CH2N2OS.Cu/c1-2-4-3-5-1;/h1H2;/q-2;+2. The summed E-state index contributed by atoms with van der Waals surface area (Å²) < 4.78 is 3.55. The Morgan fingerprint density at radius 3 is 2.83 bits per heavy atom. The molecule has 5 heteroatoms. The Morgan fingerprint density at radius 2 is 2.67 bits per heavy atom. The SMILES string of the molecule is C1S[N]2O[N]1[Cu]2. The number of hydrogen-bond acceptors (Lipinski definition) is 4. The van der Waals surface area contributed by atoms with Crippen molar-refractivity contribution in [3.05, 3.63) is 0 Å². The normalized spacial score (nSPS) is 53.3. The van der Waals surface area contributed by atoms with Crippen LogP contribution in [-0.2, 0) is 20.3 Å². The second kappa shape index (κ2) is 1.12. The van der Waals surface area contributed by atoms with Gasteiger partial charge in [0.2, 0.25) is 0 Å². The van der Waals surface area contributed by atoms with E-state index in [1.807, 2.05) is 0 Å². The zero-order valence-electron chi connectivity index (χ0n) is 2.72. The average Bonchev–Trinajstić information content (AvgIpc) is 1.72. The van der Waals surface area contributed by atoms with Gasteiger partial charge in [-0.05, 0) is 0 Å². The number of nitrogens with zero attached hydrogens (tertiary/aromatic N) is 2. The first-order chi connectivity index (χ1) is 2.95. The molecule has 3 heterocycles. The molecule has 0 radical (unpaired) electrons. The van der Waals surface area contributed by atoms with E-state index in [9.17, 15) is 0 Å². The molecule has 3 aliphatic rings. The minimum absolute atomic E-state index is 0.972. The summed E-state index contributed by atoms with van der Waals surface area (Å²) in [5.74, 6) is 0.972. The molecule has 2 atom stereocenters. The third kappa shape index (κ3) is 0.353. The average molecular weight is 154 g/mol. The zero-order valence-corrected chi connectivity index (χ0v) is 4.48. The Kier molecular flexibility index (Phi) is 0.695. The fraction of sp³-hybridized carbons (Fsp3) is 1.00. The molecule has 3 nitrogen and oxygen atoms in total. The van der Waals surface area contributed by atoms with Crippen LogP contribution in [0.4, 0.5) is 0 Å². The van der Waals surface area contributed by atoms with Gasteiger partial charge < -0.3 is 0 Å². The zero-order chi connectivity index (χ0) is 3.98. The molecular weight excluding hydrogens is 152 g/mol.